The van der Waals surface area contributed by atoms with Gasteiger partial charge in [-0.05, 0) is 37.3 Å². The third-order valence-electron chi connectivity index (χ3n) is 4.96. The number of amides is 1. The lowest BCUT2D eigenvalue weighted by atomic mass is 10.1. The number of carbonyl (C=O) groups excluding carboxylic acids is 1. The normalized spacial score (nSPS) is 16.9. The standard InChI is InChI=1S/C20H24N6O/c1-15-5-3-6-16(23-15)12-25-13-17-8-9-22-26(17)18(14-25)11-21-20(27)19-7-4-10-24(19)2/h3-10,18H,11-14H2,1-2H3,(H,21,27). The maximum Gasteiger partial charge on any atom is 0.267 e. The van der Waals surface area contributed by atoms with Gasteiger partial charge in [0.1, 0.15) is 5.69 Å². The molecule has 1 unspecified atom stereocenters. The zero-order valence-electron chi connectivity index (χ0n) is 15.7. The van der Waals surface area contributed by atoms with Crippen molar-refractivity contribution < 1.29 is 4.79 Å². The van der Waals surface area contributed by atoms with Crippen molar-refractivity contribution in [2.24, 2.45) is 7.05 Å². The van der Waals surface area contributed by atoms with E-state index >= 15 is 0 Å². The molecule has 1 amide bonds. The van der Waals surface area contributed by atoms with Crippen LogP contribution in [0.1, 0.15) is 33.6 Å². The molecule has 4 rings (SSSR count). The van der Waals surface area contributed by atoms with Gasteiger partial charge in [-0.25, -0.2) is 0 Å². The average Bonchev–Trinajstić information content (AvgIpc) is 3.28. The van der Waals surface area contributed by atoms with Crippen molar-refractivity contribution in [3.05, 3.63) is 71.6 Å². The Morgan fingerprint density at radius 3 is 2.93 bits per heavy atom. The lowest BCUT2D eigenvalue weighted by Crippen LogP contribution is -2.43. The number of carbonyl (C=O) groups is 1. The van der Waals surface area contributed by atoms with Gasteiger partial charge < -0.3 is 9.88 Å². The van der Waals surface area contributed by atoms with Crippen molar-refractivity contribution in [2.45, 2.75) is 26.1 Å². The van der Waals surface area contributed by atoms with Crippen LogP contribution in [-0.2, 0) is 20.1 Å². The molecule has 1 aliphatic heterocycles. The molecule has 3 aromatic heterocycles. The SMILES string of the molecule is Cc1cccc(CN2Cc3ccnn3C(CNC(=O)c3cccn3C)C2)n1. The summed E-state index contributed by atoms with van der Waals surface area (Å²) >= 11 is 0. The summed E-state index contributed by atoms with van der Waals surface area (Å²) < 4.78 is 3.86. The first-order chi connectivity index (χ1) is 13.1. The smallest absolute Gasteiger partial charge is 0.267 e. The summed E-state index contributed by atoms with van der Waals surface area (Å²) in [6.45, 7) is 4.98. The number of fused-ring (bicyclic) bond motifs is 1. The molecule has 0 saturated carbocycles. The van der Waals surface area contributed by atoms with E-state index < -0.39 is 0 Å². The van der Waals surface area contributed by atoms with E-state index in [1.54, 1.807) is 0 Å². The highest BCUT2D eigenvalue weighted by molar-refractivity contribution is 5.92. The Kier molecular flexibility index (Phi) is 4.77. The Labute approximate surface area is 158 Å². The first-order valence-corrected chi connectivity index (χ1v) is 9.17. The summed E-state index contributed by atoms with van der Waals surface area (Å²) in [5.74, 6) is -0.0614. The second kappa shape index (κ2) is 7.36. The molecule has 0 saturated heterocycles. The average molecular weight is 364 g/mol. The van der Waals surface area contributed by atoms with Gasteiger partial charge in [-0.1, -0.05) is 6.07 Å². The zero-order valence-corrected chi connectivity index (χ0v) is 15.7. The number of pyridine rings is 1. The summed E-state index contributed by atoms with van der Waals surface area (Å²) in [7, 11) is 1.87. The van der Waals surface area contributed by atoms with E-state index in [4.69, 9.17) is 0 Å². The summed E-state index contributed by atoms with van der Waals surface area (Å²) in [4.78, 5) is 19.4. The Balaban J connectivity index is 1.45. The van der Waals surface area contributed by atoms with Gasteiger partial charge in [0.25, 0.3) is 5.91 Å². The number of aryl methyl sites for hydroxylation is 2. The van der Waals surface area contributed by atoms with Gasteiger partial charge in [0.05, 0.1) is 17.4 Å². The van der Waals surface area contributed by atoms with Crippen LogP contribution in [0.5, 0.6) is 0 Å². The summed E-state index contributed by atoms with van der Waals surface area (Å²) in [6, 6.07) is 12.0. The second-order valence-corrected chi connectivity index (χ2v) is 7.08. The van der Waals surface area contributed by atoms with Crippen LogP contribution in [0.15, 0.2) is 48.8 Å². The largest absolute Gasteiger partial charge is 0.349 e. The molecular formula is C20H24N6O. The molecule has 0 spiro atoms. The molecule has 140 valence electrons. The minimum Gasteiger partial charge on any atom is -0.349 e. The van der Waals surface area contributed by atoms with Crippen molar-refractivity contribution in [2.75, 3.05) is 13.1 Å². The zero-order chi connectivity index (χ0) is 18.8. The molecule has 0 bridgehead atoms. The highest BCUT2D eigenvalue weighted by Gasteiger charge is 2.26. The molecule has 1 aliphatic rings. The number of hydrogen-bond donors (Lipinski definition) is 1. The van der Waals surface area contributed by atoms with E-state index in [2.05, 4.69) is 26.4 Å². The van der Waals surface area contributed by atoms with Crippen LogP contribution in [-0.4, -0.2) is 43.2 Å². The lowest BCUT2D eigenvalue weighted by Gasteiger charge is -2.33. The van der Waals surface area contributed by atoms with E-state index in [1.165, 1.54) is 0 Å². The molecule has 4 heterocycles. The summed E-state index contributed by atoms with van der Waals surface area (Å²) in [5, 5.41) is 7.53. The number of aromatic nitrogens is 4. The van der Waals surface area contributed by atoms with E-state index in [9.17, 15) is 4.79 Å². The Morgan fingerprint density at radius 1 is 1.26 bits per heavy atom. The predicted molar refractivity (Wildman–Crippen MR) is 102 cm³/mol. The molecule has 7 nitrogen and oxygen atoms in total. The van der Waals surface area contributed by atoms with Crippen molar-refractivity contribution >= 4 is 5.91 Å². The van der Waals surface area contributed by atoms with Crippen molar-refractivity contribution in [1.82, 2.24) is 29.5 Å². The van der Waals surface area contributed by atoms with E-state index in [0.29, 0.717) is 12.2 Å². The van der Waals surface area contributed by atoms with Crippen LogP contribution in [0, 0.1) is 6.92 Å². The number of rotatable bonds is 5. The molecule has 1 atom stereocenters. The van der Waals surface area contributed by atoms with E-state index in [0.717, 1.165) is 36.7 Å². The summed E-state index contributed by atoms with van der Waals surface area (Å²) in [5.41, 5.74) is 3.91. The second-order valence-electron chi connectivity index (χ2n) is 7.08. The minimum absolute atomic E-state index is 0.0614. The van der Waals surface area contributed by atoms with Crippen LogP contribution >= 0.6 is 0 Å². The highest BCUT2D eigenvalue weighted by atomic mass is 16.1. The van der Waals surface area contributed by atoms with Crippen molar-refractivity contribution in [3.63, 3.8) is 0 Å². The van der Waals surface area contributed by atoms with E-state index in [-0.39, 0.29) is 11.9 Å². The fourth-order valence-corrected chi connectivity index (χ4v) is 3.65. The molecule has 0 aromatic carbocycles. The lowest BCUT2D eigenvalue weighted by molar-refractivity contribution is 0.0923. The third kappa shape index (κ3) is 3.78. The van der Waals surface area contributed by atoms with Crippen LogP contribution in [0.3, 0.4) is 0 Å². The quantitative estimate of drug-likeness (QED) is 0.751. The molecule has 0 aliphatic carbocycles. The minimum atomic E-state index is -0.0614. The fraction of sp³-hybridized carbons (Fsp3) is 0.350. The highest BCUT2D eigenvalue weighted by Crippen LogP contribution is 2.21. The summed E-state index contributed by atoms with van der Waals surface area (Å²) in [6.07, 6.45) is 3.70. The molecular weight excluding hydrogens is 340 g/mol. The first-order valence-electron chi connectivity index (χ1n) is 9.17. The Bertz CT molecular complexity index is 943. The third-order valence-corrected chi connectivity index (χ3v) is 4.96. The first kappa shape index (κ1) is 17.5. The maximum absolute atomic E-state index is 12.4. The van der Waals surface area contributed by atoms with Gasteiger partial charge in [-0.2, -0.15) is 5.10 Å². The Morgan fingerprint density at radius 2 is 2.15 bits per heavy atom. The molecule has 0 fully saturated rings. The molecule has 1 N–H and O–H groups in total. The van der Waals surface area contributed by atoms with Crippen LogP contribution in [0.2, 0.25) is 0 Å². The topological polar surface area (TPSA) is 68.0 Å². The van der Waals surface area contributed by atoms with Gasteiger partial charge >= 0.3 is 0 Å². The number of hydrogen-bond acceptors (Lipinski definition) is 4. The van der Waals surface area contributed by atoms with Crippen LogP contribution in [0.25, 0.3) is 0 Å². The molecule has 3 aromatic rings. The van der Waals surface area contributed by atoms with Gasteiger partial charge in [-0.15, -0.1) is 0 Å². The van der Waals surface area contributed by atoms with Gasteiger partial charge in [0, 0.05) is 51.3 Å². The van der Waals surface area contributed by atoms with Gasteiger partial charge in [0.2, 0.25) is 0 Å². The van der Waals surface area contributed by atoms with Gasteiger partial charge in [-0.3, -0.25) is 19.4 Å². The molecule has 27 heavy (non-hydrogen) atoms. The van der Waals surface area contributed by atoms with Crippen LogP contribution in [0.4, 0.5) is 0 Å². The fourth-order valence-electron chi connectivity index (χ4n) is 3.65. The van der Waals surface area contributed by atoms with Crippen molar-refractivity contribution in [1.29, 1.82) is 0 Å². The van der Waals surface area contributed by atoms with E-state index in [1.807, 2.05) is 65.9 Å². The monoisotopic (exact) mass is 364 g/mol. The maximum atomic E-state index is 12.4. The molecule has 0 radical (unpaired) electrons. The Hall–Kier alpha value is -2.93. The van der Waals surface area contributed by atoms with Crippen molar-refractivity contribution in [3.8, 4) is 0 Å². The molecule has 7 heteroatoms. The number of nitrogens with zero attached hydrogens (tertiary/aromatic N) is 5. The number of nitrogens with one attached hydrogen (secondary N) is 1. The van der Waals surface area contributed by atoms with Gasteiger partial charge in [0.15, 0.2) is 0 Å². The van der Waals surface area contributed by atoms with Crippen LogP contribution < -0.4 is 5.32 Å². The predicted octanol–water partition coefficient (Wildman–Crippen LogP) is 1.91.